The van der Waals surface area contributed by atoms with Crippen LogP contribution in [-0.4, -0.2) is 23.2 Å². The fourth-order valence-corrected chi connectivity index (χ4v) is 3.31. The molecule has 0 bridgehead atoms. The molecule has 0 aliphatic rings. The minimum Gasteiger partial charge on any atom is -0.497 e. The number of aromatic nitrogens is 2. The number of anilines is 2. The largest absolute Gasteiger partial charge is 0.497 e. The smallest absolute Gasteiger partial charge is 0.251 e. The first-order chi connectivity index (χ1) is 15.6. The monoisotopic (exact) mass is 424 g/mol. The Morgan fingerprint density at radius 1 is 0.906 bits per heavy atom. The van der Waals surface area contributed by atoms with Crippen LogP contribution in [-0.2, 0) is 6.54 Å². The van der Waals surface area contributed by atoms with E-state index in [1.807, 2.05) is 73.7 Å². The van der Waals surface area contributed by atoms with E-state index >= 15 is 0 Å². The topological polar surface area (TPSA) is 76.1 Å². The lowest BCUT2D eigenvalue weighted by Crippen LogP contribution is -2.22. The third-order valence-electron chi connectivity index (χ3n) is 4.96. The lowest BCUT2D eigenvalue weighted by Gasteiger charge is -2.09. The molecule has 6 nitrogen and oxygen atoms in total. The maximum absolute atomic E-state index is 12.6. The summed E-state index contributed by atoms with van der Waals surface area (Å²) in [6.07, 6.45) is 0. The van der Waals surface area contributed by atoms with E-state index in [4.69, 9.17) is 4.74 Å². The molecule has 0 unspecified atom stereocenters. The average Bonchev–Trinajstić information content (AvgIpc) is 2.83. The van der Waals surface area contributed by atoms with Gasteiger partial charge in [-0.1, -0.05) is 42.0 Å². The van der Waals surface area contributed by atoms with Crippen LogP contribution in [0.15, 0.2) is 84.9 Å². The summed E-state index contributed by atoms with van der Waals surface area (Å²) in [5.74, 6) is 1.21. The molecule has 0 aliphatic carbocycles. The highest BCUT2D eigenvalue weighted by Gasteiger charge is 2.08. The minimum absolute atomic E-state index is 0.155. The second-order valence-corrected chi connectivity index (χ2v) is 7.41. The van der Waals surface area contributed by atoms with Gasteiger partial charge in [0.05, 0.1) is 12.8 Å². The van der Waals surface area contributed by atoms with Gasteiger partial charge in [-0.25, -0.2) is 0 Å². The fourth-order valence-electron chi connectivity index (χ4n) is 3.31. The van der Waals surface area contributed by atoms with Gasteiger partial charge in [-0.2, -0.15) is 0 Å². The highest BCUT2D eigenvalue weighted by Crippen LogP contribution is 2.20. The zero-order valence-corrected chi connectivity index (χ0v) is 18.0. The van der Waals surface area contributed by atoms with E-state index in [1.165, 1.54) is 5.56 Å². The molecule has 160 valence electrons. The number of methoxy groups -OCH3 is 1. The van der Waals surface area contributed by atoms with Crippen molar-refractivity contribution < 1.29 is 9.53 Å². The summed E-state index contributed by atoms with van der Waals surface area (Å²) in [6, 6.07) is 26.8. The number of ether oxygens (including phenoxy) is 1. The van der Waals surface area contributed by atoms with Crippen molar-refractivity contribution in [2.75, 3.05) is 12.4 Å². The van der Waals surface area contributed by atoms with Gasteiger partial charge in [-0.3, -0.25) is 4.79 Å². The number of carbonyl (C=O) groups is 1. The Balaban J connectivity index is 1.40. The van der Waals surface area contributed by atoms with Crippen molar-refractivity contribution in [1.82, 2.24) is 15.5 Å². The molecule has 0 atom stereocenters. The second kappa shape index (κ2) is 9.75. The predicted octanol–water partition coefficient (Wildman–Crippen LogP) is 5.13. The normalized spacial score (nSPS) is 10.4. The molecule has 6 heteroatoms. The van der Waals surface area contributed by atoms with Crippen molar-refractivity contribution >= 4 is 17.4 Å². The van der Waals surface area contributed by atoms with Crippen LogP contribution in [0, 0.1) is 6.92 Å². The quantitative estimate of drug-likeness (QED) is 0.430. The molecule has 0 saturated heterocycles. The van der Waals surface area contributed by atoms with Crippen LogP contribution in [0.2, 0.25) is 0 Å². The number of hydrogen-bond acceptors (Lipinski definition) is 5. The molecule has 1 heterocycles. The molecule has 4 rings (SSSR count). The SMILES string of the molecule is COc1cccc(CNC(=O)c2cccc(Nc3ccc(-c4cccc(C)c4)nn3)c2)c1. The van der Waals surface area contributed by atoms with E-state index in [0.29, 0.717) is 17.9 Å². The number of nitrogens with zero attached hydrogens (tertiary/aromatic N) is 2. The van der Waals surface area contributed by atoms with E-state index in [2.05, 4.69) is 26.9 Å². The third kappa shape index (κ3) is 5.29. The summed E-state index contributed by atoms with van der Waals surface area (Å²) in [7, 11) is 1.62. The van der Waals surface area contributed by atoms with E-state index < -0.39 is 0 Å². The summed E-state index contributed by atoms with van der Waals surface area (Å²) in [4.78, 5) is 12.6. The Kier molecular flexibility index (Phi) is 6.41. The van der Waals surface area contributed by atoms with Gasteiger partial charge in [0, 0.05) is 23.4 Å². The maximum atomic E-state index is 12.6. The van der Waals surface area contributed by atoms with Crippen LogP contribution in [0.25, 0.3) is 11.3 Å². The fraction of sp³-hybridized carbons (Fsp3) is 0.115. The van der Waals surface area contributed by atoms with Gasteiger partial charge in [0.1, 0.15) is 5.75 Å². The molecule has 1 amide bonds. The van der Waals surface area contributed by atoms with Crippen molar-refractivity contribution in [3.05, 3.63) is 102 Å². The number of benzene rings is 3. The summed E-state index contributed by atoms with van der Waals surface area (Å²) in [5, 5.41) is 14.7. The van der Waals surface area contributed by atoms with Crippen molar-refractivity contribution in [1.29, 1.82) is 0 Å². The number of hydrogen-bond donors (Lipinski definition) is 2. The molecule has 0 saturated carbocycles. The molecule has 0 fully saturated rings. The molecule has 4 aromatic rings. The average molecular weight is 425 g/mol. The summed E-state index contributed by atoms with van der Waals surface area (Å²) < 4.78 is 5.22. The van der Waals surface area contributed by atoms with Gasteiger partial charge in [0.2, 0.25) is 0 Å². The van der Waals surface area contributed by atoms with Gasteiger partial charge in [0.25, 0.3) is 5.91 Å². The van der Waals surface area contributed by atoms with Gasteiger partial charge in [-0.15, -0.1) is 10.2 Å². The third-order valence-corrected chi connectivity index (χ3v) is 4.96. The van der Waals surface area contributed by atoms with E-state index in [0.717, 1.165) is 28.3 Å². The molecule has 0 spiro atoms. The Morgan fingerprint density at radius 2 is 1.75 bits per heavy atom. The maximum Gasteiger partial charge on any atom is 0.251 e. The lowest BCUT2D eigenvalue weighted by atomic mass is 10.1. The first-order valence-electron chi connectivity index (χ1n) is 10.3. The van der Waals surface area contributed by atoms with E-state index in [9.17, 15) is 4.79 Å². The van der Waals surface area contributed by atoms with Crippen molar-refractivity contribution in [3.63, 3.8) is 0 Å². The van der Waals surface area contributed by atoms with Gasteiger partial charge < -0.3 is 15.4 Å². The molecule has 0 radical (unpaired) electrons. The number of aryl methyl sites for hydroxylation is 1. The molecule has 0 aliphatic heterocycles. The zero-order valence-electron chi connectivity index (χ0n) is 18.0. The number of amides is 1. The molecule has 3 aromatic carbocycles. The van der Waals surface area contributed by atoms with Gasteiger partial charge in [0.15, 0.2) is 5.82 Å². The number of nitrogens with one attached hydrogen (secondary N) is 2. The van der Waals surface area contributed by atoms with Crippen molar-refractivity contribution in [2.45, 2.75) is 13.5 Å². The van der Waals surface area contributed by atoms with Crippen LogP contribution >= 0.6 is 0 Å². The van der Waals surface area contributed by atoms with Gasteiger partial charge >= 0.3 is 0 Å². The molecule has 1 aromatic heterocycles. The summed E-state index contributed by atoms with van der Waals surface area (Å²) in [5.41, 5.74) is 5.30. The Morgan fingerprint density at radius 3 is 2.53 bits per heavy atom. The standard InChI is InChI=1S/C26H24N4O2/c1-18-6-3-8-20(14-18)24-12-13-25(30-29-24)28-22-10-5-9-21(16-22)26(31)27-17-19-7-4-11-23(15-19)32-2/h3-16H,17H2,1-2H3,(H,27,31)(H,28,30). The molecular formula is C26H24N4O2. The van der Waals surface area contributed by atoms with Crippen LogP contribution in [0.4, 0.5) is 11.5 Å². The molecular weight excluding hydrogens is 400 g/mol. The Hall–Kier alpha value is -4.19. The van der Waals surface area contributed by atoms with E-state index in [-0.39, 0.29) is 5.91 Å². The summed E-state index contributed by atoms with van der Waals surface area (Å²) in [6.45, 7) is 2.46. The first-order valence-corrected chi connectivity index (χ1v) is 10.3. The lowest BCUT2D eigenvalue weighted by molar-refractivity contribution is 0.0951. The van der Waals surface area contributed by atoms with Gasteiger partial charge in [-0.05, 0) is 61.0 Å². The molecule has 2 N–H and O–H groups in total. The van der Waals surface area contributed by atoms with Crippen LogP contribution < -0.4 is 15.4 Å². The summed E-state index contributed by atoms with van der Waals surface area (Å²) >= 11 is 0. The zero-order chi connectivity index (χ0) is 22.3. The molecule has 32 heavy (non-hydrogen) atoms. The number of rotatable bonds is 7. The highest BCUT2D eigenvalue weighted by molar-refractivity contribution is 5.95. The first kappa shape index (κ1) is 21.1. The van der Waals surface area contributed by atoms with Crippen molar-refractivity contribution in [2.24, 2.45) is 0 Å². The van der Waals surface area contributed by atoms with Crippen LogP contribution in [0.1, 0.15) is 21.5 Å². The van der Waals surface area contributed by atoms with Crippen LogP contribution in [0.5, 0.6) is 5.75 Å². The Labute approximate surface area is 187 Å². The van der Waals surface area contributed by atoms with E-state index in [1.54, 1.807) is 19.2 Å². The van der Waals surface area contributed by atoms with Crippen molar-refractivity contribution in [3.8, 4) is 17.0 Å². The number of carbonyl (C=O) groups excluding carboxylic acids is 1. The predicted molar refractivity (Wildman–Crippen MR) is 126 cm³/mol. The Bertz CT molecular complexity index is 1220. The van der Waals surface area contributed by atoms with Crippen LogP contribution in [0.3, 0.4) is 0 Å². The minimum atomic E-state index is -0.155. The second-order valence-electron chi connectivity index (χ2n) is 7.41. The highest BCUT2D eigenvalue weighted by atomic mass is 16.5.